The number of hydrogen-bond donors (Lipinski definition) is 1. The van der Waals surface area contributed by atoms with Crippen LogP contribution in [-0.2, 0) is 13.0 Å². The van der Waals surface area contributed by atoms with Crippen molar-refractivity contribution in [3.63, 3.8) is 0 Å². The quantitative estimate of drug-likeness (QED) is 0.630. The molecule has 2 aromatic heterocycles. The molecule has 0 saturated carbocycles. The fourth-order valence-electron chi connectivity index (χ4n) is 2.87. The second-order valence-electron chi connectivity index (χ2n) is 5.76. The zero-order valence-corrected chi connectivity index (χ0v) is 13.1. The van der Waals surface area contributed by atoms with Crippen LogP contribution in [0.3, 0.4) is 0 Å². The molecule has 0 spiro atoms. The van der Waals surface area contributed by atoms with Crippen LogP contribution in [0.1, 0.15) is 18.1 Å². The van der Waals surface area contributed by atoms with Crippen molar-refractivity contribution < 1.29 is 4.39 Å². The number of aromatic amines is 1. The lowest BCUT2D eigenvalue weighted by atomic mass is 10.1. The molecule has 2 heterocycles. The van der Waals surface area contributed by atoms with Crippen LogP contribution >= 0.6 is 0 Å². The Kier molecular flexibility index (Phi) is 3.37. The van der Waals surface area contributed by atoms with Crippen molar-refractivity contribution in [3.05, 3.63) is 69.8 Å². The Morgan fingerprint density at radius 3 is 2.58 bits per heavy atom. The highest BCUT2D eigenvalue weighted by molar-refractivity contribution is 6.01. The van der Waals surface area contributed by atoms with Gasteiger partial charge in [-0.15, -0.1) is 5.10 Å². The minimum absolute atomic E-state index is 0.279. The summed E-state index contributed by atoms with van der Waals surface area (Å²) in [6.07, 6.45) is 0.988. The normalized spacial score (nSPS) is 11.4. The third-order valence-corrected chi connectivity index (χ3v) is 4.21. The molecule has 0 aliphatic heterocycles. The minimum Gasteiger partial charge on any atom is -0.305 e. The van der Waals surface area contributed by atoms with Crippen molar-refractivity contribution in [2.24, 2.45) is 0 Å². The third kappa shape index (κ3) is 2.36. The van der Waals surface area contributed by atoms with Gasteiger partial charge in [-0.1, -0.05) is 36.4 Å². The molecule has 0 aliphatic rings. The van der Waals surface area contributed by atoms with Crippen molar-refractivity contribution in [1.29, 1.82) is 0 Å². The van der Waals surface area contributed by atoms with Crippen LogP contribution in [-0.4, -0.2) is 20.0 Å². The maximum absolute atomic E-state index is 13.4. The number of hydrogen-bond acceptors (Lipinski definition) is 3. The average molecular weight is 322 g/mol. The number of nitrogens with zero attached hydrogens (tertiary/aromatic N) is 3. The number of fused-ring (bicyclic) bond motifs is 3. The summed E-state index contributed by atoms with van der Waals surface area (Å²) < 4.78 is 15.0. The summed E-state index contributed by atoms with van der Waals surface area (Å²) in [4.78, 5) is 15.0. The van der Waals surface area contributed by atoms with Crippen LogP contribution in [0.25, 0.3) is 21.9 Å². The predicted octanol–water partition coefficient (Wildman–Crippen LogP) is 3.02. The summed E-state index contributed by atoms with van der Waals surface area (Å²) in [5, 5.41) is 9.20. The van der Waals surface area contributed by atoms with E-state index in [4.69, 9.17) is 0 Å². The van der Waals surface area contributed by atoms with Gasteiger partial charge in [-0.05, 0) is 35.7 Å². The summed E-state index contributed by atoms with van der Waals surface area (Å²) in [6, 6.07) is 12.4. The number of halogens is 1. The predicted molar refractivity (Wildman–Crippen MR) is 90.5 cm³/mol. The van der Waals surface area contributed by atoms with Gasteiger partial charge in [-0.25, -0.2) is 9.07 Å². The van der Waals surface area contributed by atoms with Crippen molar-refractivity contribution in [2.75, 3.05) is 0 Å². The molecule has 0 saturated heterocycles. The van der Waals surface area contributed by atoms with E-state index in [1.165, 1.54) is 17.7 Å². The molecular weight excluding hydrogens is 307 g/mol. The molecule has 4 aromatic rings. The molecule has 0 fully saturated rings. The molecule has 0 atom stereocenters. The number of H-pyrrole nitrogens is 1. The number of benzene rings is 2. The van der Waals surface area contributed by atoms with E-state index in [9.17, 15) is 9.18 Å². The van der Waals surface area contributed by atoms with Gasteiger partial charge in [0, 0.05) is 5.39 Å². The van der Waals surface area contributed by atoms with E-state index in [2.05, 4.69) is 34.4 Å². The number of nitrogens with one attached hydrogen (secondary N) is 1. The molecular formula is C18H15FN4O. The van der Waals surface area contributed by atoms with Crippen LogP contribution in [0.5, 0.6) is 0 Å². The van der Waals surface area contributed by atoms with Crippen LogP contribution in [0, 0.1) is 5.82 Å². The Hall–Kier alpha value is -3.02. The van der Waals surface area contributed by atoms with Crippen molar-refractivity contribution in [3.8, 4) is 0 Å². The highest BCUT2D eigenvalue weighted by atomic mass is 19.1. The van der Waals surface area contributed by atoms with E-state index in [0.29, 0.717) is 23.1 Å². The summed E-state index contributed by atoms with van der Waals surface area (Å²) in [7, 11) is 0. The van der Waals surface area contributed by atoms with Gasteiger partial charge in [0.05, 0.1) is 11.9 Å². The Morgan fingerprint density at radius 1 is 1.08 bits per heavy atom. The maximum Gasteiger partial charge on any atom is 0.257 e. The molecule has 2 aromatic carbocycles. The van der Waals surface area contributed by atoms with Crippen molar-refractivity contribution >= 4 is 21.9 Å². The van der Waals surface area contributed by atoms with Crippen molar-refractivity contribution in [1.82, 2.24) is 20.0 Å². The fraction of sp³-hybridized carbons (Fsp3) is 0.167. The standard InChI is InChI=1S/C18H15FN4O/c1-2-11-3-5-12(6-4-11)10-23-17-16(21-22-23)14-8-7-13(19)9-15(14)18(24)20-17/h3-9H,2,10H2,1H3,(H,20,24). The lowest BCUT2D eigenvalue weighted by Gasteiger charge is -2.04. The number of aromatic nitrogens is 4. The highest BCUT2D eigenvalue weighted by Gasteiger charge is 2.12. The van der Waals surface area contributed by atoms with E-state index in [-0.39, 0.29) is 10.9 Å². The number of aryl methyl sites for hydroxylation is 1. The molecule has 0 aliphatic carbocycles. The molecule has 0 amide bonds. The van der Waals surface area contributed by atoms with E-state index in [0.717, 1.165) is 12.0 Å². The fourth-order valence-corrected chi connectivity index (χ4v) is 2.87. The van der Waals surface area contributed by atoms with Crippen LogP contribution in [0.15, 0.2) is 47.3 Å². The van der Waals surface area contributed by atoms with Crippen LogP contribution < -0.4 is 5.56 Å². The third-order valence-electron chi connectivity index (χ3n) is 4.21. The van der Waals surface area contributed by atoms with Gasteiger partial charge < -0.3 is 4.98 Å². The molecule has 6 heteroatoms. The van der Waals surface area contributed by atoms with E-state index in [1.807, 2.05) is 12.1 Å². The summed E-state index contributed by atoms with van der Waals surface area (Å²) in [5.74, 6) is -0.448. The molecule has 1 N–H and O–H groups in total. The lowest BCUT2D eigenvalue weighted by Crippen LogP contribution is -2.10. The zero-order chi connectivity index (χ0) is 16.7. The molecule has 24 heavy (non-hydrogen) atoms. The van der Waals surface area contributed by atoms with E-state index in [1.54, 1.807) is 10.7 Å². The summed E-state index contributed by atoms with van der Waals surface area (Å²) in [5.41, 5.74) is 3.10. The van der Waals surface area contributed by atoms with Gasteiger partial charge in [0.25, 0.3) is 5.56 Å². The Balaban J connectivity index is 1.83. The second-order valence-corrected chi connectivity index (χ2v) is 5.76. The molecule has 4 rings (SSSR count). The smallest absolute Gasteiger partial charge is 0.257 e. The maximum atomic E-state index is 13.4. The number of rotatable bonds is 3. The average Bonchev–Trinajstić information content (AvgIpc) is 2.98. The van der Waals surface area contributed by atoms with Crippen LogP contribution in [0.2, 0.25) is 0 Å². The first-order valence-electron chi connectivity index (χ1n) is 7.78. The molecule has 0 radical (unpaired) electrons. The minimum atomic E-state index is -0.448. The number of pyridine rings is 1. The first-order chi connectivity index (χ1) is 11.7. The van der Waals surface area contributed by atoms with Gasteiger partial charge in [0.1, 0.15) is 11.3 Å². The topological polar surface area (TPSA) is 63.6 Å². The summed E-state index contributed by atoms with van der Waals surface area (Å²) >= 11 is 0. The van der Waals surface area contributed by atoms with Gasteiger partial charge >= 0.3 is 0 Å². The van der Waals surface area contributed by atoms with Gasteiger partial charge in [0.2, 0.25) is 0 Å². The second kappa shape index (κ2) is 5.56. The summed E-state index contributed by atoms with van der Waals surface area (Å²) in [6.45, 7) is 2.61. The largest absolute Gasteiger partial charge is 0.305 e. The Bertz CT molecular complexity index is 1100. The van der Waals surface area contributed by atoms with Gasteiger partial charge in [-0.3, -0.25) is 4.79 Å². The molecule has 0 unspecified atom stereocenters. The SMILES string of the molecule is CCc1ccc(Cn2nnc3c4ccc(F)cc4c(=O)[nH]c32)cc1. The molecule has 120 valence electrons. The van der Waals surface area contributed by atoms with Crippen molar-refractivity contribution in [2.45, 2.75) is 19.9 Å². The molecule has 0 bridgehead atoms. The van der Waals surface area contributed by atoms with Gasteiger partial charge in [-0.2, -0.15) is 0 Å². The Morgan fingerprint density at radius 2 is 1.83 bits per heavy atom. The van der Waals surface area contributed by atoms with Crippen LogP contribution in [0.4, 0.5) is 4.39 Å². The monoisotopic (exact) mass is 322 g/mol. The first kappa shape index (κ1) is 14.6. The highest BCUT2D eigenvalue weighted by Crippen LogP contribution is 2.20. The lowest BCUT2D eigenvalue weighted by molar-refractivity contribution is 0.629. The van der Waals surface area contributed by atoms with E-state index >= 15 is 0 Å². The zero-order valence-electron chi connectivity index (χ0n) is 13.1. The molecule has 5 nitrogen and oxygen atoms in total. The van der Waals surface area contributed by atoms with Gasteiger partial charge in [0.15, 0.2) is 5.65 Å². The first-order valence-corrected chi connectivity index (χ1v) is 7.78. The van der Waals surface area contributed by atoms with E-state index < -0.39 is 5.82 Å². The Labute approximate surface area is 136 Å².